The number of nitrogens with zero attached hydrogens (tertiary/aromatic N) is 3. The number of pyridine rings is 1. The molecule has 104 valence electrons. The lowest BCUT2D eigenvalue weighted by Gasteiger charge is -2.17. The first-order chi connectivity index (χ1) is 9.06. The van der Waals surface area contributed by atoms with Gasteiger partial charge in [-0.2, -0.15) is 0 Å². The number of halogens is 2. The van der Waals surface area contributed by atoms with Crippen molar-refractivity contribution in [3.05, 3.63) is 26.2 Å². The molecule has 0 aromatic carbocycles. The molecule has 0 unspecified atom stereocenters. The van der Waals surface area contributed by atoms with E-state index in [9.17, 15) is 4.79 Å². The first-order valence-electron chi connectivity index (χ1n) is 6.23. The summed E-state index contributed by atoms with van der Waals surface area (Å²) >= 11 is 9.29. The van der Waals surface area contributed by atoms with Gasteiger partial charge in [0, 0.05) is 13.1 Å². The molecular weight excluding hydrogens is 332 g/mol. The van der Waals surface area contributed by atoms with Crippen LogP contribution in [0.15, 0.2) is 15.3 Å². The quantitative estimate of drug-likeness (QED) is 0.846. The summed E-state index contributed by atoms with van der Waals surface area (Å²) in [5.41, 5.74) is 1.15. The van der Waals surface area contributed by atoms with Crippen molar-refractivity contribution in [2.75, 3.05) is 19.6 Å². The van der Waals surface area contributed by atoms with Crippen LogP contribution in [0, 0.1) is 0 Å². The van der Waals surface area contributed by atoms with Gasteiger partial charge in [0.25, 0.3) is 0 Å². The number of imidazole rings is 1. The van der Waals surface area contributed by atoms with Gasteiger partial charge < -0.3 is 9.88 Å². The smallest absolute Gasteiger partial charge is 0.304 e. The van der Waals surface area contributed by atoms with E-state index in [1.165, 1.54) is 0 Å². The predicted molar refractivity (Wildman–Crippen MR) is 80.9 cm³/mol. The van der Waals surface area contributed by atoms with Crippen LogP contribution in [-0.2, 0) is 6.54 Å². The Morgan fingerprint density at radius 1 is 1.47 bits per heavy atom. The molecule has 1 N–H and O–H groups in total. The lowest BCUT2D eigenvalue weighted by molar-refractivity contribution is 0.290. The third kappa shape index (κ3) is 3.01. The highest BCUT2D eigenvalue weighted by atomic mass is 79.9. The van der Waals surface area contributed by atoms with E-state index in [1.807, 2.05) is 0 Å². The Balaban J connectivity index is 2.35. The van der Waals surface area contributed by atoms with Crippen LogP contribution in [0.4, 0.5) is 0 Å². The Kier molecular flexibility index (Phi) is 4.65. The topological polar surface area (TPSA) is 53.9 Å². The van der Waals surface area contributed by atoms with Gasteiger partial charge in [-0.1, -0.05) is 25.4 Å². The molecule has 0 saturated carbocycles. The van der Waals surface area contributed by atoms with E-state index in [0.29, 0.717) is 27.3 Å². The molecule has 0 radical (unpaired) electrons. The number of hydrogen-bond acceptors (Lipinski definition) is 3. The largest absolute Gasteiger partial charge is 0.327 e. The van der Waals surface area contributed by atoms with Crippen molar-refractivity contribution < 1.29 is 0 Å². The van der Waals surface area contributed by atoms with Crippen LogP contribution in [-0.4, -0.2) is 39.1 Å². The molecule has 0 aliphatic rings. The van der Waals surface area contributed by atoms with Crippen LogP contribution < -0.4 is 5.69 Å². The van der Waals surface area contributed by atoms with Gasteiger partial charge in [-0.05, 0) is 35.1 Å². The van der Waals surface area contributed by atoms with Crippen LogP contribution in [0.2, 0.25) is 5.15 Å². The molecule has 0 spiro atoms. The number of fused-ring (bicyclic) bond motifs is 1. The van der Waals surface area contributed by atoms with Gasteiger partial charge in [0.15, 0.2) is 5.65 Å². The van der Waals surface area contributed by atoms with Crippen molar-refractivity contribution in [2.24, 2.45) is 0 Å². The van der Waals surface area contributed by atoms with Gasteiger partial charge in [-0.25, -0.2) is 9.78 Å². The second-order valence-electron chi connectivity index (χ2n) is 4.24. The van der Waals surface area contributed by atoms with E-state index in [1.54, 1.807) is 10.6 Å². The van der Waals surface area contributed by atoms with Gasteiger partial charge >= 0.3 is 5.69 Å². The molecule has 2 aromatic heterocycles. The maximum Gasteiger partial charge on any atom is 0.327 e. The van der Waals surface area contributed by atoms with Gasteiger partial charge in [0.2, 0.25) is 0 Å². The fraction of sp³-hybridized carbons (Fsp3) is 0.500. The Bertz CT molecular complexity index is 632. The van der Waals surface area contributed by atoms with Crippen LogP contribution in [0.3, 0.4) is 0 Å². The summed E-state index contributed by atoms with van der Waals surface area (Å²) in [6.45, 7) is 7.56. The Hall–Kier alpha value is -0.850. The second kappa shape index (κ2) is 6.07. The van der Waals surface area contributed by atoms with Crippen LogP contribution in [0.25, 0.3) is 11.2 Å². The van der Waals surface area contributed by atoms with Crippen molar-refractivity contribution in [1.82, 2.24) is 19.4 Å². The van der Waals surface area contributed by atoms with E-state index in [-0.39, 0.29) is 5.69 Å². The highest BCUT2D eigenvalue weighted by Crippen LogP contribution is 2.23. The predicted octanol–water partition coefficient (Wildman–Crippen LogP) is 2.48. The summed E-state index contributed by atoms with van der Waals surface area (Å²) < 4.78 is 2.31. The molecule has 0 aliphatic heterocycles. The fourth-order valence-electron chi connectivity index (χ4n) is 2.02. The summed E-state index contributed by atoms with van der Waals surface area (Å²) in [7, 11) is 0. The molecule has 0 bridgehead atoms. The van der Waals surface area contributed by atoms with Crippen molar-refractivity contribution in [1.29, 1.82) is 0 Å². The molecule has 0 atom stereocenters. The number of H-pyrrole nitrogens is 1. The van der Waals surface area contributed by atoms with E-state index >= 15 is 0 Å². The first-order valence-corrected chi connectivity index (χ1v) is 7.40. The second-order valence-corrected chi connectivity index (χ2v) is 5.45. The molecule has 0 fully saturated rings. The minimum absolute atomic E-state index is 0.149. The summed E-state index contributed by atoms with van der Waals surface area (Å²) in [4.78, 5) is 21.2. The van der Waals surface area contributed by atoms with Crippen molar-refractivity contribution in [3.63, 3.8) is 0 Å². The minimum atomic E-state index is -0.149. The SMILES string of the molecule is CCN(CC)CCn1c(=O)[nH]c2cc(Br)c(Cl)nc21. The Morgan fingerprint density at radius 3 is 2.79 bits per heavy atom. The molecule has 2 rings (SSSR count). The van der Waals surface area contributed by atoms with Crippen LogP contribution >= 0.6 is 27.5 Å². The lowest BCUT2D eigenvalue weighted by Crippen LogP contribution is -2.30. The van der Waals surface area contributed by atoms with Gasteiger partial charge in [-0.3, -0.25) is 4.57 Å². The van der Waals surface area contributed by atoms with Crippen molar-refractivity contribution >= 4 is 38.7 Å². The minimum Gasteiger partial charge on any atom is -0.304 e. The monoisotopic (exact) mass is 346 g/mol. The zero-order valence-corrected chi connectivity index (χ0v) is 13.3. The molecule has 2 heterocycles. The third-order valence-corrected chi connectivity index (χ3v) is 4.31. The molecule has 19 heavy (non-hydrogen) atoms. The first kappa shape index (κ1) is 14.6. The number of nitrogens with one attached hydrogen (secondary N) is 1. The van der Waals surface area contributed by atoms with E-state index < -0.39 is 0 Å². The average Bonchev–Trinajstić information content (AvgIpc) is 2.67. The maximum absolute atomic E-state index is 11.9. The number of aromatic nitrogens is 3. The number of hydrogen-bond donors (Lipinski definition) is 1. The number of aromatic amines is 1. The maximum atomic E-state index is 11.9. The van der Waals surface area contributed by atoms with E-state index in [0.717, 1.165) is 19.6 Å². The number of likely N-dealkylation sites (N-methyl/N-ethyl adjacent to an activating group) is 1. The molecule has 0 aliphatic carbocycles. The Morgan fingerprint density at radius 2 is 2.16 bits per heavy atom. The van der Waals surface area contributed by atoms with Crippen LogP contribution in [0.5, 0.6) is 0 Å². The van der Waals surface area contributed by atoms with E-state index in [2.05, 4.69) is 44.6 Å². The highest BCUT2D eigenvalue weighted by Gasteiger charge is 2.11. The normalized spacial score (nSPS) is 11.6. The molecular formula is C12H16BrClN4O. The molecule has 5 nitrogen and oxygen atoms in total. The summed E-state index contributed by atoms with van der Waals surface area (Å²) in [5, 5.41) is 0.364. The number of rotatable bonds is 5. The average molecular weight is 348 g/mol. The van der Waals surface area contributed by atoms with Crippen LogP contribution in [0.1, 0.15) is 13.8 Å². The highest BCUT2D eigenvalue weighted by molar-refractivity contribution is 9.10. The van der Waals surface area contributed by atoms with Crippen molar-refractivity contribution in [3.8, 4) is 0 Å². The summed E-state index contributed by atoms with van der Waals surface area (Å²) in [5.74, 6) is 0. The van der Waals surface area contributed by atoms with Gasteiger partial charge in [-0.15, -0.1) is 0 Å². The standard InChI is InChI=1S/C12H16BrClN4O/c1-3-17(4-2)5-6-18-11-9(15-12(18)19)7-8(13)10(14)16-11/h7H,3-6H2,1-2H3,(H,15,19). The lowest BCUT2D eigenvalue weighted by atomic mass is 10.4. The molecule has 0 amide bonds. The Labute approximate surface area is 124 Å². The zero-order valence-electron chi connectivity index (χ0n) is 10.9. The van der Waals surface area contributed by atoms with Gasteiger partial charge in [0.1, 0.15) is 5.15 Å². The molecule has 7 heteroatoms. The van der Waals surface area contributed by atoms with Gasteiger partial charge in [0.05, 0.1) is 9.99 Å². The molecule has 0 saturated heterocycles. The summed E-state index contributed by atoms with van der Waals surface area (Å²) in [6.07, 6.45) is 0. The molecule has 2 aromatic rings. The fourth-order valence-corrected chi connectivity index (χ4v) is 2.47. The van der Waals surface area contributed by atoms with Crippen molar-refractivity contribution in [2.45, 2.75) is 20.4 Å². The third-order valence-electron chi connectivity index (χ3n) is 3.19. The zero-order chi connectivity index (χ0) is 14.0. The summed E-state index contributed by atoms with van der Waals surface area (Å²) in [6, 6.07) is 1.78. The van der Waals surface area contributed by atoms with E-state index in [4.69, 9.17) is 11.6 Å².